The lowest BCUT2D eigenvalue weighted by molar-refractivity contribution is 0.566. The van der Waals surface area contributed by atoms with Crippen molar-refractivity contribution in [3.8, 4) is 0 Å². The molecule has 20 heavy (non-hydrogen) atoms. The molecule has 1 N–H and O–H groups in total. The molecule has 0 aliphatic rings. The fourth-order valence-corrected chi connectivity index (χ4v) is 4.14. The number of aryl methyl sites for hydroxylation is 1. The van der Waals surface area contributed by atoms with Crippen LogP contribution in [0.25, 0.3) is 0 Å². The van der Waals surface area contributed by atoms with Crippen LogP contribution in [0, 0.1) is 6.92 Å². The van der Waals surface area contributed by atoms with E-state index < -0.39 is 10.0 Å². The van der Waals surface area contributed by atoms with Crippen molar-refractivity contribution in [2.24, 2.45) is 0 Å². The number of sulfonamides is 1. The van der Waals surface area contributed by atoms with Gasteiger partial charge >= 0.3 is 0 Å². The van der Waals surface area contributed by atoms with Crippen LogP contribution in [0.3, 0.4) is 0 Å². The Morgan fingerprint density at radius 2 is 1.65 bits per heavy atom. The van der Waals surface area contributed by atoms with E-state index in [0.717, 1.165) is 15.6 Å². The predicted octanol–water partition coefficient (Wildman–Crippen LogP) is 3.80. The molecular weight excluding hydrogens is 338 g/mol. The number of benzene rings is 2. The average Bonchev–Trinajstić information content (AvgIpc) is 2.38. The van der Waals surface area contributed by atoms with Gasteiger partial charge < -0.3 is 0 Å². The van der Waals surface area contributed by atoms with E-state index in [4.69, 9.17) is 0 Å². The zero-order valence-electron chi connectivity index (χ0n) is 11.3. The highest BCUT2D eigenvalue weighted by molar-refractivity contribution is 9.10. The minimum absolute atomic E-state index is 0.310. The molecule has 0 bridgehead atoms. The summed E-state index contributed by atoms with van der Waals surface area (Å²) in [4.78, 5) is 0.318. The van der Waals surface area contributed by atoms with Gasteiger partial charge in [-0.05, 0) is 37.1 Å². The van der Waals surface area contributed by atoms with Crippen molar-refractivity contribution in [3.05, 3.63) is 64.1 Å². The summed E-state index contributed by atoms with van der Waals surface area (Å²) in [5.74, 6) is 0. The molecule has 2 rings (SSSR count). The van der Waals surface area contributed by atoms with Gasteiger partial charge in [0.2, 0.25) is 10.0 Å². The minimum Gasteiger partial charge on any atom is -0.207 e. The lowest BCUT2D eigenvalue weighted by Gasteiger charge is -2.17. The van der Waals surface area contributed by atoms with Crippen molar-refractivity contribution in [1.82, 2.24) is 4.72 Å². The summed E-state index contributed by atoms with van der Waals surface area (Å²) in [6.45, 7) is 3.62. The van der Waals surface area contributed by atoms with E-state index in [0.29, 0.717) is 4.90 Å². The van der Waals surface area contributed by atoms with Crippen molar-refractivity contribution in [2.75, 3.05) is 0 Å². The standard InChI is InChI=1S/C15H16BrNO2S/c1-11-7-3-6-10-15(11)20(18,19)17-12(2)13-8-4-5-9-14(13)16/h3-10,12,17H,1-2H3/t12-/m1/s1. The second-order valence-corrected chi connectivity index (χ2v) is 7.17. The molecule has 5 heteroatoms. The van der Waals surface area contributed by atoms with Gasteiger partial charge in [0.05, 0.1) is 4.90 Å². The molecule has 0 radical (unpaired) electrons. The maximum Gasteiger partial charge on any atom is 0.241 e. The smallest absolute Gasteiger partial charge is 0.207 e. The van der Waals surface area contributed by atoms with Gasteiger partial charge in [0, 0.05) is 10.5 Å². The first-order valence-corrected chi connectivity index (χ1v) is 8.52. The van der Waals surface area contributed by atoms with Gasteiger partial charge in [-0.3, -0.25) is 0 Å². The Kier molecular flexibility index (Phi) is 4.62. The molecule has 0 unspecified atom stereocenters. The van der Waals surface area contributed by atoms with Gasteiger partial charge in [-0.1, -0.05) is 52.3 Å². The predicted molar refractivity (Wildman–Crippen MR) is 84.1 cm³/mol. The van der Waals surface area contributed by atoms with Crippen LogP contribution in [0.1, 0.15) is 24.1 Å². The zero-order valence-corrected chi connectivity index (χ0v) is 13.7. The summed E-state index contributed by atoms with van der Waals surface area (Å²) in [6.07, 6.45) is 0. The van der Waals surface area contributed by atoms with Gasteiger partial charge in [0.15, 0.2) is 0 Å². The normalized spacial score (nSPS) is 13.2. The summed E-state index contributed by atoms with van der Waals surface area (Å²) in [5.41, 5.74) is 1.64. The van der Waals surface area contributed by atoms with Crippen molar-refractivity contribution >= 4 is 26.0 Å². The van der Waals surface area contributed by atoms with Crippen LogP contribution in [0.2, 0.25) is 0 Å². The highest BCUT2D eigenvalue weighted by Crippen LogP contribution is 2.25. The summed E-state index contributed by atoms with van der Waals surface area (Å²) < 4.78 is 28.4. The topological polar surface area (TPSA) is 46.2 Å². The molecule has 0 aliphatic heterocycles. The van der Waals surface area contributed by atoms with Gasteiger partial charge in [0.1, 0.15) is 0 Å². The SMILES string of the molecule is Cc1ccccc1S(=O)(=O)N[C@H](C)c1ccccc1Br. The Balaban J connectivity index is 2.30. The Morgan fingerprint density at radius 1 is 1.05 bits per heavy atom. The van der Waals surface area contributed by atoms with Crippen LogP contribution in [0.4, 0.5) is 0 Å². The minimum atomic E-state index is -3.53. The van der Waals surface area contributed by atoms with Crippen molar-refractivity contribution in [2.45, 2.75) is 24.8 Å². The maximum absolute atomic E-state index is 12.4. The fraction of sp³-hybridized carbons (Fsp3) is 0.200. The number of hydrogen-bond donors (Lipinski definition) is 1. The Bertz CT molecular complexity index is 713. The van der Waals surface area contributed by atoms with Gasteiger partial charge in [-0.25, -0.2) is 13.1 Å². The molecule has 0 aromatic heterocycles. The molecule has 0 amide bonds. The Hall–Kier alpha value is -1.17. The quantitative estimate of drug-likeness (QED) is 0.908. The average molecular weight is 354 g/mol. The van der Waals surface area contributed by atoms with Crippen LogP contribution in [-0.2, 0) is 10.0 Å². The molecule has 2 aromatic carbocycles. The summed E-state index contributed by atoms with van der Waals surface area (Å²) in [7, 11) is -3.53. The van der Waals surface area contributed by atoms with E-state index in [1.54, 1.807) is 25.1 Å². The number of hydrogen-bond acceptors (Lipinski definition) is 2. The zero-order chi connectivity index (χ0) is 14.8. The van der Waals surface area contributed by atoms with E-state index in [-0.39, 0.29) is 6.04 Å². The van der Waals surface area contributed by atoms with E-state index in [1.807, 2.05) is 37.3 Å². The molecule has 0 aliphatic carbocycles. The lowest BCUT2D eigenvalue weighted by atomic mass is 10.1. The molecule has 0 fully saturated rings. The summed E-state index contributed by atoms with van der Waals surface area (Å²) in [6, 6.07) is 14.2. The molecule has 1 atom stereocenters. The van der Waals surface area contributed by atoms with Crippen molar-refractivity contribution in [1.29, 1.82) is 0 Å². The highest BCUT2D eigenvalue weighted by atomic mass is 79.9. The highest BCUT2D eigenvalue weighted by Gasteiger charge is 2.20. The Labute approximate surface area is 128 Å². The number of rotatable bonds is 4. The van der Waals surface area contributed by atoms with Gasteiger partial charge in [0.25, 0.3) is 0 Å². The molecule has 0 spiro atoms. The molecule has 0 saturated carbocycles. The van der Waals surface area contributed by atoms with Gasteiger partial charge in [-0.15, -0.1) is 0 Å². The van der Waals surface area contributed by atoms with E-state index >= 15 is 0 Å². The second-order valence-electron chi connectivity index (χ2n) is 4.63. The summed E-state index contributed by atoms with van der Waals surface area (Å²) in [5, 5.41) is 0. The largest absolute Gasteiger partial charge is 0.241 e. The molecule has 106 valence electrons. The second kappa shape index (κ2) is 6.08. The third kappa shape index (κ3) is 3.29. The first kappa shape index (κ1) is 15.2. The van der Waals surface area contributed by atoms with Crippen LogP contribution in [-0.4, -0.2) is 8.42 Å². The van der Waals surface area contributed by atoms with E-state index in [1.165, 1.54) is 0 Å². The Morgan fingerprint density at radius 3 is 2.30 bits per heavy atom. The fourth-order valence-electron chi connectivity index (χ4n) is 2.04. The summed E-state index contributed by atoms with van der Waals surface area (Å²) >= 11 is 3.44. The molecular formula is C15H16BrNO2S. The first-order chi connectivity index (χ1) is 9.42. The van der Waals surface area contributed by atoms with Crippen LogP contribution in [0.5, 0.6) is 0 Å². The number of nitrogens with one attached hydrogen (secondary N) is 1. The van der Waals surface area contributed by atoms with Crippen molar-refractivity contribution in [3.63, 3.8) is 0 Å². The van der Waals surface area contributed by atoms with Crippen LogP contribution >= 0.6 is 15.9 Å². The third-order valence-electron chi connectivity index (χ3n) is 3.09. The van der Waals surface area contributed by atoms with E-state index in [2.05, 4.69) is 20.7 Å². The van der Waals surface area contributed by atoms with Gasteiger partial charge in [-0.2, -0.15) is 0 Å². The van der Waals surface area contributed by atoms with Crippen LogP contribution in [0.15, 0.2) is 57.9 Å². The molecule has 0 saturated heterocycles. The number of halogens is 1. The van der Waals surface area contributed by atoms with E-state index in [9.17, 15) is 8.42 Å². The molecule has 3 nitrogen and oxygen atoms in total. The molecule has 0 heterocycles. The molecule has 2 aromatic rings. The maximum atomic E-state index is 12.4. The van der Waals surface area contributed by atoms with Crippen LogP contribution < -0.4 is 4.72 Å². The third-order valence-corrected chi connectivity index (χ3v) is 5.51. The van der Waals surface area contributed by atoms with Crippen molar-refractivity contribution < 1.29 is 8.42 Å². The lowest BCUT2D eigenvalue weighted by Crippen LogP contribution is -2.27. The monoisotopic (exact) mass is 353 g/mol. The first-order valence-electron chi connectivity index (χ1n) is 6.24.